The van der Waals surface area contributed by atoms with Gasteiger partial charge in [-0.3, -0.25) is 4.79 Å². The number of aliphatic carboxylic acids is 1. The van der Waals surface area contributed by atoms with Crippen LogP contribution in [-0.2, 0) is 20.7 Å². The zero-order valence-corrected chi connectivity index (χ0v) is 13.6. The number of rotatable bonds is 10. The van der Waals surface area contributed by atoms with Crippen molar-refractivity contribution in [2.45, 2.75) is 18.9 Å². The molecule has 2 atom stereocenters. The van der Waals surface area contributed by atoms with Crippen molar-refractivity contribution in [3.8, 4) is 0 Å². The van der Waals surface area contributed by atoms with Crippen LogP contribution in [0.25, 0.3) is 0 Å². The van der Waals surface area contributed by atoms with Crippen molar-refractivity contribution < 1.29 is 24.5 Å². The highest BCUT2D eigenvalue weighted by molar-refractivity contribution is 9.10. The van der Waals surface area contributed by atoms with E-state index in [4.69, 9.17) is 9.47 Å². The summed E-state index contributed by atoms with van der Waals surface area (Å²) < 4.78 is 10.9. The molecule has 0 radical (unpaired) electrons. The Hall–Kier alpha value is -0.950. The van der Waals surface area contributed by atoms with Gasteiger partial charge in [0.15, 0.2) is 0 Å². The van der Waals surface area contributed by atoms with Crippen molar-refractivity contribution in [3.63, 3.8) is 0 Å². The minimum Gasteiger partial charge on any atom is -0.481 e. The van der Waals surface area contributed by atoms with Gasteiger partial charge in [-0.15, -0.1) is 0 Å². The third-order valence-electron chi connectivity index (χ3n) is 3.02. The van der Waals surface area contributed by atoms with Crippen molar-refractivity contribution in [3.05, 3.63) is 34.3 Å². The Morgan fingerprint density at radius 3 is 2.76 bits per heavy atom. The fourth-order valence-corrected chi connectivity index (χ4v) is 2.42. The first kappa shape index (κ1) is 18.1. The smallest absolute Gasteiger partial charge is 0.306 e. The summed E-state index contributed by atoms with van der Waals surface area (Å²) in [6.45, 7) is 0.954. The van der Waals surface area contributed by atoms with Gasteiger partial charge in [-0.25, -0.2) is 0 Å². The second-order valence-electron chi connectivity index (χ2n) is 4.83. The van der Waals surface area contributed by atoms with Crippen LogP contribution in [0.2, 0.25) is 0 Å². The number of aliphatic hydroxyl groups excluding tert-OH is 1. The molecule has 118 valence electrons. The maximum atomic E-state index is 11.3. The number of hydrogen-bond donors (Lipinski definition) is 2. The predicted molar refractivity (Wildman–Crippen MR) is 82.3 cm³/mol. The van der Waals surface area contributed by atoms with E-state index in [2.05, 4.69) is 15.9 Å². The van der Waals surface area contributed by atoms with Gasteiger partial charge in [0.25, 0.3) is 0 Å². The molecule has 0 aliphatic heterocycles. The molecule has 1 aromatic carbocycles. The quantitative estimate of drug-likeness (QED) is 0.625. The van der Waals surface area contributed by atoms with E-state index in [9.17, 15) is 15.0 Å². The molecule has 0 heterocycles. The Kier molecular flexibility index (Phi) is 8.52. The minimum atomic E-state index is -0.911. The van der Waals surface area contributed by atoms with Crippen LogP contribution >= 0.6 is 15.9 Å². The largest absolute Gasteiger partial charge is 0.481 e. The fourth-order valence-electron chi connectivity index (χ4n) is 1.98. The molecule has 0 bridgehead atoms. The average molecular weight is 361 g/mol. The highest BCUT2D eigenvalue weighted by atomic mass is 79.9. The van der Waals surface area contributed by atoms with Crippen molar-refractivity contribution in [2.24, 2.45) is 5.92 Å². The molecule has 1 rings (SSSR count). The number of carboxylic acids is 1. The first-order valence-corrected chi connectivity index (χ1v) is 7.54. The van der Waals surface area contributed by atoms with Crippen molar-refractivity contribution in [2.75, 3.05) is 26.9 Å². The number of carboxylic acid groups (broad SMARTS) is 1. The van der Waals surface area contributed by atoms with Gasteiger partial charge in [0, 0.05) is 11.6 Å². The SMILES string of the molecule is COCCOCC(O)CC(Cc1cccc(Br)c1)C(=O)O. The number of benzene rings is 1. The van der Waals surface area contributed by atoms with Crippen LogP contribution in [0, 0.1) is 5.92 Å². The number of ether oxygens (including phenoxy) is 2. The van der Waals surface area contributed by atoms with E-state index in [0.717, 1.165) is 10.0 Å². The monoisotopic (exact) mass is 360 g/mol. The van der Waals surface area contributed by atoms with Gasteiger partial charge < -0.3 is 19.7 Å². The summed E-state index contributed by atoms with van der Waals surface area (Å²) in [6.07, 6.45) is -0.256. The number of hydrogen-bond acceptors (Lipinski definition) is 4. The highest BCUT2D eigenvalue weighted by Gasteiger charge is 2.22. The van der Waals surface area contributed by atoms with E-state index in [0.29, 0.717) is 19.6 Å². The minimum absolute atomic E-state index is 0.117. The van der Waals surface area contributed by atoms with Crippen molar-refractivity contribution in [1.29, 1.82) is 0 Å². The topological polar surface area (TPSA) is 76.0 Å². The third kappa shape index (κ3) is 7.57. The molecule has 5 nitrogen and oxygen atoms in total. The number of halogens is 1. The molecule has 2 N–H and O–H groups in total. The van der Waals surface area contributed by atoms with E-state index >= 15 is 0 Å². The number of aliphatic hydroxyl groups is 1. The lowest BCUT2D eigenvalue weighted by Gasteiger charge is -2.17. The summed E-state index contributed by atoms with van der Waals surface area (Å²) in [4.78, 5) is 11.3. The van der Waals surface area contributed by atoms with Gasteiger partial charge in [0.05, 0.1) is 31.8 Å². The molecule has 0 saturated heterocycles. The molecule has 0 spiro atoms. The lowest BCUT2D eigenvalue weighted by molar-refractivity contribution is -0.143. The van der Waals surface area contributed by atoms with E-state index in [1.807, 2.05) is 24.3 Å². The average Bonchev–Trinajstić information content (AvgIpc) is 2.43. The van der Waals surface area contributed by atoms with Crippen molar-refractivity contribution >= 4 is 21.9 Å². The lowest BCUT2D eigenvalue weighted by atomic mass is 9.94. The maximum absolute atomic E-state index is 11.3. The molecule has 1 aromatic rings. The first-order chi connectivity index (χ1) is 10.0. The molecule has 6 heteroatoms. The van der Waals surface area contributed by atoms with Gasteiger partial charge in [-0.1, -0.05) is 28.1 Å². The zero-order valence-electron chi connectivity index (χ0n) is 12.0. The Morgan fingerprint density at radius 1 is 1.38 bits per heavy atom. The summed E-state index contributed by atoms with van der Waals surface area (Å²) in [7, 11) is 1.57. The maximum Gasteiger partial charge on any atom is 0.306 e. The second kappa shape index (κ2) is 9.89. The van der Waals surface area contributed by atoms with Gasteiger partial charge in [-0.2, -0.15) is 0 Å². The summed E-state index contributed by atoms with van der Waals surface area (Å²) in [5.74, 6) is -1.55. The molecule has 0 fully saturated rings. The van der Waals surface area contributed by atoms with E-state index < -0.39 is 18.0 Å². The summed E-state index contributed by atoms with van der Waals surface area (Å²) in [5.41, 5.74) is 0.921. The Bertz CT molecular complexity index is 438. The van der Waals surface area contributed by atoms with Crippen LogP contribution in [0.3, 0.4) is 0 Å². The fraction of sp³-hybridized carbons (Fsp3) is 0.533. The standard InChI is InChI=1S/C15H21BrO5/c1-20-5-6-21-10-14(17)9-12(15(18)19)7-11-3-2-4-13(16)8-11/h2-4,8,12,14,17H,5-7,9-10H2,1H3,(H,18,19). The zero-order chi connectivity index (χ0) is 15.7. The predicted octanol–water partition coefficient (Wildman–Crippen LogP) is 2.11. The van der Waals surface area contributed by atoms with Crippen LogP contribution < -0.4 is 0 Å². The highest BCUT2D eigenvalue weighted by Crippen LogP contribution is 2.18. The van der Waals surface area contributed by atoms with E-state index in [1.165, 1.54) is 0 Å². The lowest BCUT2D eigenvalue weighted by Crippen LogP contribution is -2.26. The van der Waals surface area contributed by atoms with E-state index in [-0.39, 0.29) is 13.0 Å². The molecular weight excluding hydrogens is 340 g/mol. The van der Waals surface area contributed by atoms with E-state index in [1.54, 1.807) is 7.11 Å². The van der Waals surface area contributed by atoms with Crippen LogP contribution in [0.4, 0.5) is 0 Å². The van der Waals surface area contributed by atoms with Gasteiger partial charge in [0.1, 0.15) is 0 Å². The van der Waals surface area contributed by atoms with Gasteiger partial charge >= 0.3 is 5.97 Å². The molecule has 0 aliphatic carbocycles. The number of methoxy groups -OCH3 is 1. The second-order valence-corrected chi connectivity index (χ2v) is 5.74. The van der Waals surface area contributed by atoms with Gasteiger partial charge in [-0.05, 0) is 30.5 Å². The van der Waals surface area contributed by atoms with Crippen LogP contribution in [0.1, 0.15) is 12.0 Å². The molecule has 0 amide bonds. The van der Waals surface area contributed by atoms with Crippen molar-refractivity contribution in [1.82, 2.24) is 0 Å². The summed E-state index contributed by atoms with van der Waals surface area (Å²) in [6, 6.07) is 7.51. The Morgan fingerprint density at radius 2 is 2.14 bits per heavy atom. The molecule has 2 unspecified atom stereocenters. The van der Waals surface area contributed by atoms with Crippen LogP contribution in [-0.4, -0.2) is 49.2 Å². The third-order valence-corrected chi connectivity index (χ3v) is 3.51. The normalized spacial score (nSPS) is 13.9. The molecule has 21 heavy (non-hydrogen) atoms. The summed E-state index contributed by atoms with van der Waals surface area (Å²) >= 11 is 3.36. The van der Waals surface area contributed by atoms with Gasteiger partial charge in [0.2, 0.25) is 0 Å². The Balaban J connectivity index is 2.48. The van der Waals surface area contributed by atoms with Crippen LogP contribution in [0.15, 0.2) is 28.7 Å². The molecule has 0 aliphatic rings. The Labute approximate surface area is 133 Å². The van der Waals surface area contributed by atoms with Crippen LogP contribution in [0.5, 0.6) is 0 Å². The molecule has 0 aromatic heterocycles. The summed E-state index contributed by atoms with van der Waals surface area (Å²) in [5, 5.41) is 19.1. The first-order valence-electron chi connectivity index (χ1n) is 6.75. The molecular formula is C15H21BrO5. The molecule has 0 saturated carbocycles. The number of carbonyl (C=O) groups is 1.